The number of nitrogens with zero attached hydrogens (tertiary/aromatic N) is 1. The van der Waals surface area contributed by atoms with Gasteiger partial charge in [-0.2, -0.15) is 5.10 Å². The Kier molecular flexibility index (Phi) is 4.92. The van der Waals surface area contributed by atoms with Gasteiger partial charge in [-0.3, -0.25) is 5.10 Å². The summed E-state index contributed by atoms with van der Waals surface area (Å²) in [7, 11) is -3.57. The molecule has 2 aromatic heterocycles. The van der Waals surface area contributed by atoms with Gasteiger partial charge in [-0.25, -0.2) is 13.1 Å². The van der Waals surface area contributed by atoms with Crippen molar-refractivity contribution in [3.05, 3.63) is 34.2 Å². The number of nitrogens with one attached hydrogen (secondary N) is 3. The smallest absolute Gasteiger partial charge is 0.258 e. The molecule has 0 unspecified atom stereocenters. The highest BCUT2D eigenvalue weighted by atomic mass is 32.2. The summed E-state index contributed by atoms with van der Waals surface area (Å²) in [6, 6.07) is 4.06. The summed E-state index contributed by atoms with van der Waals surface area (Å²) in [5, 5.41) is 11.6. The molecule has 0 aliphatic heterocycles. The molecule has 0 fully saturated rings. The lowest BCUT2D eigenvalue weighted by molar-refractivity contribution is 0.564. The van der Waals surface area contributed by atoms with E-state index in [2.05, 4.69) is 20.2 Å². The third-order valence-electron chi connectivity index (χ3n) is 2.66. The molecule has 6 nitrogen and oxygen atoms in total. The van der Waals surface area contributed by atoms with Crippen molar-refractivity contribution in [1.82, 2.24) is 20.2 Å². The van der Waals surface area contributed by atoms with Crippen molar-refractivity contribution >= 4 is 21.4 Å². The summed E-state index contributed by atoms with van der Waals surface area (Å²) in [6.07, 6.45) is 1.54. The number of hydrogen-bond donors (Lipinski definition) is 3. The van der Waals surface area contributed by atoms with Crippen LogP contribution in [0.2, 0.25) is 0 Å². The van der Waals surface area contributed by atoms with E-state index in [1.165, 1.54) is 17.5 Å². The van der Waals surface area contributed by atoms with Crippen LogP contribution in [0.3, 0.4) is 0 Å². The van der Waals surface area contributed by atoms with Crippen LogP contribution in [0.15, 0.2) is 28.7 Å². The molecule has 0 spiro atoms. The molecule has 110 valence electrons. The molecule has 2 heterocycles. The third kappa shape index (κ3) is 3.89. The van der Waals surface area contributed by atoms with Gasteiger partial charge in [0.05, 0.1) is 6.20 Å². The highest BCUT2D eigenvalue weighted by Crippen LogP contribution is 2.14. The second-order valence-corrected chi connectivity index (χ2v) is 7.40. The van der Waals surface area contributed by atoms with Crippen molar-refractivity contribution in [2.75, 3.05) is 0 Å². The van der Waals surface area contributed by atoms with Crippen LogP contribution in [0, 0.1) is 0 Å². The fourth-order valence-corrected chi connectivity index (χ4v) is 3.49. The molecular formula is C12H18N4O2S2. The van der Waals surface area contributed by atoms with Crippen LogP contribution in [0.25, 0.3) is 0 Å². The van der Waals surface area contributed by atoms with Crippen molar-refractivity contribution < 1.29 is 8.42 Å². The van der Waals surface area contributed by atoms with E-state index in [0.29, 0.717) is 12.1 Å². The first-order valence-electron chi connectivity index (χ1n) is 6.26. The number of aromatic amines is 1. The van der Waals surface area contributed by atoms with Crippen LogP contribution in [-0.2, 0) is 23.1 Å². The van der Waals surface area contributed by atoms with Crippen molar-refractivity contribution in [3.8, 4) is 0 Å². The molecule has 0 aliphatic rings. The molecule has 0 aromatic carbocycles. The summed E-state index contributed by atoms with van der Waals surface area (Å²) in [4.78, 5) is 0.968. The molecule has 0 amide bonds. The molecule has 0 aliphatic carbocycles. The van der Waals surface area contributed by atoms with E-state index in [0.717, 1.165) is 4.88 Å². The maximum absolute atomic E-state index is 12.2. The monoisotopic (exact) mass is 314 g/mol. The van der Waals surface area contributed by atoms with Gasteiger partial charge < -0.3 is 5.32 Å². The minimum atomic E-state index is -3.57. The van der Waals surface area contributed by atoms with E-state index in [4.69, 9.17) is 0 Å². The molecule has 0 atom stereocenters. The van der Waals surface area contributed by atoms with E-state index in [1.807, 2.05) is 31.4 Å². The predicted octanol–water partition coefficient (Wildman–Crippen LogP) is 1.45. The first kappa shape index (κ1) is 15.2. The fraction of sp³-hybridized carbons (Fsp3) is 0.417. The SMILES string of the molecule is CC(C)NCc1cn[nH]c1S(=O)(=O)NCc1cccs1. The highest BCUT2D eigenvalue weighted by Gasteiger charge is 2.20. The molecule has 2 rings (SSSR count). The van der Waals surface area contributed by atoms with Crippen LogP contribution in [-0.4, -0.2) is 24.7 Å². The van der Waals surface area contributed by atoms with Crippen molar-refractivity contribution in [1.29, 1.82) is 0 Å². The summed E-state index contributed by atoms with van der Waals surface area (Å²) >= 11 is 1.51. The minimum absolute atomic E-state index is 0.127. The Bertz CT molecular complexity index is 632. The summed E-state index contributed by atoms with van der Waals surface area (Å²) in [5.74, 6) is 0. The first-order valence-corrected chi connectivity index (χ1v) is 8.63. The molecule has 20 heavy (non-hydrogen) atoms. The Labute approximate surface area is 122 Å². The molecule has 0 radical (unpaired) electrons. The summed E-state index contributed by atoms with van der Waals surface area (Å²) < 4.78 is 27.1. The van der Waals surface area contributed by atoms with Gasteiger partial charge in [0.25, 0.3) is 10.0 Å². The van der Waals surface area contributed by atoms with Gasteiger partial charge >= 0.3 is 0 Å². The Balaban J connectivity index is 2.07. The number of H-pyrrole nitrogens is 1. The number of hydrogen-bond acceptors (Lipinski definition) is 5. The van der Waals surface area contributed by atoms with Gasteiger partial charge in [-0.05, 0) is 11.4 Å². The molecule has 3 N–H and O–H groups in total. The van der Waals surface area contributed by atoms with Crippen LogP contribution in [0.1, 0.15) is 24.3 Å². The zero-order valence-electron chi connectivity index (χ0n) is 11.4. The summed E-state index contributed by atoms with van der Waals surface area (Å²) in [5.41, 5.74) is 0.636. The van der Waals surface area contributed by atoms with E-state index in [-0.39, 0.29) is 17.6 Å². The Morgan fingerprint density at radius 2 is 2.20 bits per heavy atom. The zero-order valence-corrected chi connectivity index (χ0v) is 13.0. The lowest BCUT2D eigenvalue weighted by Crippen LogP contribution is -2.26. The van der Waals surface area contributed by atoms with Crippen molar-refractivity contribution in [2.45, 2.75) is 38.0 Å². The van der Waals surface area contributed by atoms with Crippen LogP contribution in [0.5, 0.6) is 0 Å². The average Bonchev–Trinajstić information content (AvgIpc) is 3.05. The van der Waals surface area contributed by atoms with E-state index in [1.54, 1.807) is 0 Å². The fourth-order valence-electron chi connectivity index (χ4n) is 1.62. The minimum Gasteiger partial charge on any atom is -0.310 e. The second-order valence-electron chi connectivity index (χ2n) is 4.66. The Morgan fingerprint density at radius 3 is 2.85 bits per heavy atom. The van der Waals surface area contributed by atoms with Gasteiger partial charge in [0.2, 0.25) is 0 Å². The van der Waals surface area contributed by atoms with Crippen molar-refractivity contribution in [2.24, 2.45) is 0 Å². The number of aromatic nitrogens is 2. The van der Waals surface area contributed by atoms with Crippen LogP contribution < -0.4 is 10.0 Å². The maximum atomic E-state index is 12.2. The number of rotatable bonds is 7. The first-order chi connectivity index (χ1) is 9.49. The average molecular weight is 314 g/mol. The predicted molar refractivity (Wildman–Crippen MR) is 78.9 cm³/mol. The second kappa shape index (κ2) is 6.49. The Hall–Kier alpha value is -1.22. The molecule has 0 saturated heterocycles. The number of sulfonamides is 1. The normalized spacial score (nSPS) is 12.2. The zero-order chi connectivity index (χ0) is 14.6. The van der Waals surface area contributed by atoms with Gasteiger partial charge in [-0.15, -0.1) is 11.3 Å². The molecule has 0 saturated carbocycles. The van der Waals surface area contributed by atoms with E-state index >= 15 is 0 Å². The largest absolute Gasteiger partial charge is 0.310 e. The highest BCUT2D eigenvalue weighted by molar-refractivity contribution is 7.89. The topological polar surface area (TPSA) is 86.9 Å². The molecule has 2 aromatic rings. The van der Waals surface area contributed by atoms with Gasteiger partial charge in [0, 0.05) is 29.6 Å². The molecular weight excluding hydrogens is 296 g/mol. The number of thiophene rings is 1. The Morgan fingerprint density at radius 1 is 1.40 bits per heavy atom. The maximum Gasteiger partial charge on any atom is 0.258 e. The molecule has 8 heteroatoms. The lowest BCUT2D eigenvalue weighted by atomic mass is 10.3. The molecule has 0 bridgehead atoms. The van der Waals surface area contributed by atoms with E-state index in [9.17, 15) is 8.42 Å². The summed E-state index contributed by atoms with van der Waals surface area (Å²) in [6.45, 7) is 4.76. The van der Waals surface area contributed by atoms with E-state index < -0.39 is 10.0 Å². The lowest BCUT2D eigenvalue weighted by Gasteiger charge is -2.09. The van der Waals surface area contributed by atoms with Crippen molar-refractivity contribution in [3.63, 3.8) is 0 Å². The van der Waals surface area contributed by atoms with Gasteiger partial charge in [-0.1, -0.05) is 19.9 Å². The van der Waals surface area contributed by atoms with Crippen LogP contribution >= 0.6 is 11.3 Å². The standard InChI is InChI=1S/C12H18N4O2S2/c1-9(2)13-6-10-7-14-16-12(10)20(17,18)15-8-11-4-3-5-19-11/h3-5,7,9,13,15H,6,8H2,1-2H3,(H,14,16). The third-order valence-corrected chi connectivity index (χ3v) is 4.96. The quantitative estimate of drug-likeness (QED) is 0.722. The van der Waals surface area contributed by atoms with Gasteiger partial charge in [0.15, 0.2) is 5.03 Å². The van der Waals surface area contributed by atoms with Crippen LogP contribution in [0.4, 0.5) is 0 Å². The van der Waals surface area contributed by atoms with Gasteiger partial charge in [0.1, 0.15) is 0 Å².